The lowest BCUT2D eigenvalue weighted by molar-refractivity contribution is 0.673. The number of rotatable bonds is 2. The second-order valence-electron chi connectivity index (χ2n) is 11.7. The van der Waals surface area contributed by atoms with Crippen molar-refractivity contribution in [2.24, 2.45) is 0 Å². The summed E-state index contributed by atoms with van der Waals surface area (Å²) in [5.41, 5.74) is 13.2. The van der Waals surface area contributed by atoms with E-state index in [1.54, 1.807) is 0 Å². The molecule has 2 heterocycles. The SMILES string of the molecule is c1ccc(-c2ccc3c(c2)c2ccccc2n3-c2cc3c4ccc5c(c4oc3c3ccccc23)-c2ccccc2C5)cc1. The van der Waals surface area contributed by atoms with Gasteiger partial charge < -0.3 is 8.98 Å². The summed E-state index contributed by atoms with van der Waals surface area (Å²) < 4.78 is 9.32. The van der Waals surface area contributed by atoms with E-state index in [9.17, 15) is 0 Å². The van der Waals surface area contributed by atoms with E-state index >= 15 is 0 Å². The first kappa shape index (κ1) is 23.0. The quantitative estimate of drug-likeness (QED) is 0.210. The third-order valence-electron chi connectivity index (χ3n) is 9.40. The fourth-order valence-electron chi connectivity index (χ4n) is 7.48. The topological polar surface area (TPSA) is 18.1 Å². The van der Waals surface area contributed by atoms with Gasteiger partial charge in [-0.2, -0.15) is 0 Å². The second-order valence-corrected chi connectivity index (χ2v) is 11.7. The molecule has 7 aromatic carbocycles. The van der Waals surface area contributed by atoms with Gasteiger partial charge in [0.25, 0.3) is 0 Å². The van der Waals surface area contributed by atoms with E-state index in [0.717, 1.165) is 28.4 Å². The van der Waals surface area contributed by atoms with Gasteiger partial charge in [0.05, 0.1) is 16.7 Å². The molecular formula is C41H25NO. The van der Waals surface area contributed by atoms with Crippen LogP contribution in [0.25, 0.3) is 82.5 Å². The van der Waals surface area contributed by atoms with Crippen LogP contribution in [0.3, 0.4) is 0 Å². The minimum absolute atomic E-state index is 0.955. The lowest BCUT2D eigenvalue weighted by atomic mass is 10.00. The van der Waals surface area contributed by atoms with Crippen molar-refractivity contribution in [3.05, 3.63) is 151 Å². The van der Waals surface area contributed by atoms with Crippen molar-refractivity contribution >= 4 is 54.5 Å². The van der Waals surface area contributed by atoms with Crippen LogP contribution in [0.5, 0.6) is 0 Å². The Labute approximate surface area is 248 Å². The van der Waals surface area contributed by atoms with Crippen LogP contribution >= 0.6 is 0 Å². The van der Waals surface area contributed by atoms with Crippen LogP contribution in [0.4, 0.5) is 0 Å². The van der Waals surface area contributed by atoms with Crippen LogP contribution in [-0.4, -0.2) is 4.57 Å². The molecule has 0 saturated heterocycles. The minimum Gasteiger partial charge on any atom is -0.455 e. The van der Waals surface area contributed by atoms with Crippen molar-refractivity contribution in [1.29, 1.82) is 0 Å². The lowest BCUT2D eigenvalue weighted by Crippen LogP contribution is -1.95. The molecule has 0 radical (unpaired) electrons. The van der Waals surface area contributed by atoms with Crippen molar-refractivity contribution < 1.29 is 4.42 Å². The van der Waals surface area contributed by atoms with Crippen molar-refractivity contribution in [2.45, 2.75) is 6.42 Å². The highest BCUT2D eigenvalue weighted by molar-refractivity contribution is 6.21. The average molecular weight is 548 g/mol. The van der Waals surface area contributed by atoms with Crippen LogP contribution in [0.2, 0.25) is 0 Å². The van der Waals surface area contributed by atoms with E-state index in [1.165, 1.54) is 71.6 Å². The maximum atomic E-state index is 6.87. The van der Waals surface area contributed by atoms with Gasteiger partial charge in [-0.15, -0.1) is 0 Å². The minimum atomic E-state index is 0.955. The largest absolute Gasteiger partial charge is 0.455 e. The fourth-order valence-corrected chi connectivity index (χ4v) is 7.48. The zero-order valence-electron chi connectivity index (χ0n) is 23.3. The Kier molecular flexibility index (Phi) is 4.53. The molecule has 2 aromatic heterocycles. The number of para-hydroxylation sites is 1. The fraction of sp³-hybridized carbons (Fsp3) is 0.0244. The molecule has 9 aromatic rings. The van der Waals surface area contributed by atoms with Gasteiger partial charge >= 0.3 is 0 Å². The molecular weight excluding hydrogens is 522 g/mol. The Morgan fingerprint density at radius 2 is 1.16 bits per heavy atom. The lowest BCUT2D eigenvalue weighted by Gasteiger charge is -2.13. The molecule has 43 heavy (non-hydrogen) atoms. The number of hydrogen-bond donors (Lipinski definition) is 0. The average Bonchev–Trinajstić information content (AvgIpc) is 3.74. The molecule has 2 heteroatoms. The molecule has 0 fully saturated rings. The highest BCUT2D eigenvalue weighted by Gasteiger charge is 2.25. The summed E-state index contributed by atoms with van der Waals surface area (Å²) in [7, 11) is 0. The molecule has 0 saturated carbocycles. The van der Waals surface area contributed by atoms with E-state index in [2.05, 4.69) is 144 Å². The van der Waals surface area contributed by atoms with Gasteiger partial charge in [-0.05, 0) is 58.5 Å². The third kappa shape index (κ3) is 3.13. The highest BCUT2D eigenvalue weighted by Crippen LogP contribution is 2.47. The summed E-state index contributed by atoms with van der Waals surface area (Å²) in [5, 5.41) is 7.16. The van der Waals surface area contributed by atoms with Crippen molar-refractivity contribution in [2.75, 3.05) is 0 Å². The summed E-state index contributed by atoms with van der Waals surface area (Å²) in [6.45, 7) is 0. The summed E-state index contributed by atoms with van der Waals surface area (Å²) >= 11 is 0. The van der Waals surface area contributed by atoms with Gasteiger partial charge in [-0.1, -0.05) is 115 Å². The molecule has 2 nitrogen and oxygen atoms in total. The van der Waals surface area contributed by atoms with E-state index in [4.69, 9.17) is 4.42 Å². The Morgan fingerprint density at radius 1 is 0.442 bits per heavy atom. The number of furan rings is 1. The molecule has 0 amide bonds. The van der Waals surface area contributed by atoms with Crippen molar-refractivity contribution in [3.8, 4) is 27.9 Å². The molecule has 0 bridgehead atoms. The number of hydrogen-bond acceptors (Lipinski definition) is 1. The number of fused-ring (bicyclic) bond motifs is 12. The van der Waals surface area contributed by atoms with Crippen LogP contribution in [0.1, 0.15) is 11.1 Å². The molecule has 1 aliphatic carbocycles. The molecule has 10 rings (SSSR count). The molecule has 0 spiro atoms. The first-order valence-corrected chi connectivity index (χ1v) is 14.9. The van der Waals surface area contributed by atoms with Gasteiger partial charge in [0.2, 0.25) is 0 Å². The standard InChI is InChI=1S/C41H25NO/c1-2-10-25(11-3-1)26-19-21-37-34(23-26)31-15-8-9-17-36(31)42(37)38-24-35-33-20-18-28-22-27-12-4-5-13-29(27)39(28)41(33)43-40(35)32-16-7-6-14-30(32)38/h1-21,23-24H,22H2. The Morgan fingerprint density at radius 3 is 2.07 bits per heavy atom. The second kappa shape index (κ2) is 8.47. The Hall–Kier alpha value is -5.60. The van der Waals surface area contributed by atoms with Gasteiger partial charge in [0.1, 0.15) is 11.2 Å². The molecule has 0 unspecified atom stereocenters. The Balaban J connectivity index is 1.31. The molecule has 0 aliphatic heterocycles. The number of benzene rings is 7. The number of aromatic nitrogens is 1. The first-order valence-electron chi connectivity index (χ1n) is 14.9. The highest BCUT2D eigenvalue weighted by atomic mass is 16.3. The van der Waals surface area contributed by atoms with E-state index in [0.29, 0.717) is 0 Å². The van der Waals surface area contributed by atoms with E-state index in [-0.39, 0.29) is 0 Å². The van der Waals surface area contributed by atoms with Crippen LogP contribution in [0.15, 0.2) is 144 Å². The molecule has 0 atom stereocenters. The summed E-state index contributed by atoms with van der Waals surface area (Å²) in [6, 6.07) is 50.7. The predicted octanol–water partition coefficient (Wildman–Crippen LogP) is 11.1. The summed E-state index contributed by atoms with van der Waals surface area (Å²) in [5.74, 6) is 0. The molecule has 200 valence electrons. The first-order chi connectivity index (χ1) is 21.3. The van der Waals surface area contributed by atoms with Crippen molar-refractivity contribution in [1.82, 2.24) is 4.57 Å². The zero-order valence-corrected chi connectivity index (χ0v) is 23.3. The molecule has 1 aliphatic rings. The maximum absolute atomic E-state index is 6.87. The monoisotopic (exact) mass is 547 g/mol. The van der Waals surface area contributed by atoms with Crippen LogP contribution in [0, 0.1) is 0 Å². The molecule has 0 N–H and O–H groups in total. The van der Waals surface area contributed by atoms with E-state index in [1.807, 2.05) is 0 Å². The van der Waals surface area contributed by atoms with Gasteiger partial charge in [0.15, 0.2) is 0 Å². The van der Waals surface area contributed by atoms with Crippen molar-refractivity contribution in [3.63, 3.8) is 0 Å². The van der Waals surface area contributed by atoms with Gasteiger partial charge in [-0.25, -0.2) is 0 Å². The van der Waals surface area contributed by atoms with Crippen LogP contribution < -0.4 is 0 Å². The zero-order chi connectivity index (χ0) is 28.1. The smallest absolute Gasteiger partial charge is 0.143 e. The van der Waals surface area contributed by atoms with Crippen LogP contribution in [-0.2, 0) is 6.42 Å². The number of nitrogens with zero attached hydrogens (tertiary/aromatic N) is 1. The maximum Gasteiger partial charge on any atom is 0.143 e. The predicted molar refractivity (Wildman–Crippen MR) is 179 cm³/mol. The normalized spacial score (nSPS) is 12.6. The summed E-state index contributed by atoms with van der Waals surface area (Å²) in [6.07, 6.45) is 0.955. The summed E-state index contributed by atoms with van der Waals surface area (Å²) in [4.78, 5) is 0. The van der Waals surface area contributed by atoms with Gasteiger partial charge in [0, 0.05) is 37.9 Å². The third-order valence-corrected chi connectivity index (χ3v) is 9.40. The van der Waals surface area contributed by atoms with E-state index < -0.39 is 0 Å². The Bertz CT molecular complexity index is 2580. The van der Waals surface area contributed by atoms with Gasteiger partial charge in [-0.3, -0.25) is 0 Å².